The third kappa shape index (κ3) is 2.79. The van der Waals surface area contributed by atoms with Crippen molar-refractivity contribution in [1.29, 1.82) is 0 Å². The zero-order valence-electron chi connectivity index (χ0n) is 10.1. The van der Waals surface area contributed by atoms with E-state index in [9.17, 15) is 4.79 Å². The van der Waals surface area contributed by atoms with Gasteiger partial charge in [0.05, 0.1) is 5.92 Å². The van der Waals surface area contributed by atoms with Gasteiger partial charge in [0.2, 0.25) is 0 Å². The lowest BCUT2D eigenvalue weighted by Crippen LogP contribution is -2.32. The molecule has 1 N–H and O–H groups in total. The number of rotatable bonds is 3. The van der Waals surface area contributed by atoms with Crippen LogP contribution in [-0.2, 0) is 11.3 Å². The van der Waals surface area contributed by atoms with Gasteiger partial charge in [-0.2, -0.15) is 0 Å². The third-order valence-electron chi connectivity index (χ3n) is 3.58. The molecule has 0 aliphatic carbocycles. The SMILES string of the molecule is CC1C(C(=O)O)CCN1Cc1cc(Cl)ccc1Cl. The highest BCUT2D eigenvalue weighted by Gasteiger charge is 2.35. The molecule has 0 radical (unpaired) electrons. The van der Waals surface area contributed by atoms with Gasteiger partial charge in [0.25, 0.3) is 0 Å². The normalized spacial score (nSPS) is 24.4. The summed E-state index contributed by atoms with van der Waals surface area (Å²) in [4.78, 5) is 13.2. The second kappa shape index (κ2) is 5.47. The van der Waals surface area contributed by atoms with Gasteiger partial charge in [0.1, 0.15) is 0 Å². The Morgan fingerprint density at radius 1 is 1.50 bits per heavy atom. The molecule has 2 unspecified atom stereocenters. The molecule has 0 spiro atoms. The van der Waals surface area contributed by atoms with Crippen molar-refractivity contribution in [3.63, 3.8) is 0 Å². The Bertz CT molecular complexity index is 464. The zero-order valence-corrected chi connectivity index (χ0v) is 11.6. The maximum Gasteiger partial charge on any atom is 0.308 e. The first-order chi connectivity index (χ1) is 8.49. The Hall–Kier alpha value is -0.770. The highest BCUT2D eigenvalue weighted by atomic mass is 35.5. The minimum absolute atomic E-state index is 0.0255. The first-order valence-corrected chi connectivity index (χ1v) is 6.65. The molecule has 3 nitrogen and oxygen atoms in total. The predicted octanol–water partition coefficient (Wildman–Crippen LogP) is 3.29. The average molecular weight is 288 g/mol. The molecular weight excluding hydrogens is 273 g/mol. The summed E-state index contributed by atoms with van der Waals surface area (Å²) in [6, 6.07) is 5.39. The molecule has 1 aliphatic rings. The van der Waals surface area contributed by atoms with Crippen molar-refractivity contribution in [1.82, 2.24) is 4.90 Å². The van der Waals surface area contributed by atoms with Crippen molar-refractivity contribution in [2.75, 3.05) is 6.54 Å². The molecule has 2 rings (SSSR count). The number of carboxylic acid groups (broad SMARTS) is 1. The first kappa shape index (κ1) is 13.7. The maximum atomic E-state index is 11.1. The van der Waals surface area contributed by atoms with Gasteiger partial charge in [0, 0.05) is 22.6 Å². The lowest BCUT2D eigenvalue weighted by atomic mass is 10.0. The van der Waals surface area contributed by atoms with Crippen LogP contribution in [0.3, 0.4) is 0 Å². The highest BCUT2D eigenvalue weighted by Crippen LogP contribution is 2.29. The summed E-state index contributed by atoms with van der Waals surface area (Å²) in [6.45, 7) is 3.37. The van der Waals surface area contributed by atoms with Gasteiger partial charge in [-0.25, -0.2) is 0 Å². The first-order valence-electron chi connectivity index (χ1n) is 5.90. The van der Waals surface area contributed by atoms with Crippen LogP contribution in [0.1, 0.15) is 18.9 Å². The summed E-state index contributed by atoms with van der Waals surface area (Å²) in [5.74, 6) is -1.01. The molecule has 98 valence electrons. The molecule has 0 saturated carbocycles. The van der Waals surface area contributed by atoms with Crippen LogP contribution in [0.15, 0.2) is 18.2 Å². The minimum Gasteiger partial charge on any atom is -0.481 e. The molecule has 1 aliphatic heterocycles. The molecule has 1 aromatic carbocycles. The third-order valence-corrected chi connectivity index (χ3v) is 4.19. The van der Waals surface area contributed by atoms with Crippen LogP contribution in [0.4, 0.5) is 0 Å². The topological polar surface area (TPSA) is 40.5 Å². The van der Waals surface area contributed by atoms with E-state index in [0.717, 1.165) is 12.1 Å². The fraction of sp³-hybridized carbons (Fsp3) is 0.462. The van der Waals surface area contributed by atoms with Gasteiger partial charge in [-0.15, -0.1) is 0 Å². The van der Waals surface area contributed by atoms with Crippen molar-refractivity contribution in [2.45, 2.75) is 25.9 Å². The van der Waals surface area contributed by atoms with Crippen LogP contribution in [0.2, 0.25) is 10.0 Å². The molecule has 1 heterocycles. The summed E-state index contributed by atoms with van der Waals surface area (Å²) in [6.07, 6.45) is 0.689. The van der Waals surface area contributed by atoms with Crippen LogP contribution in [0.25, 0.3) is 0 Å². The molecule has 0 bridgehead atoms. The van der Waals surface area contributed by atoms with Crippen LogP contribution >= 0.6 is 23.2 Å². The quantitative estimate of drug-likeness (QED) is 0.927. The van der Waals surface area contributed by atoms with E-state index in [4.69, 9.17) is 28.3 Å². The number of nitrogens with zero attached hydrogens (tertiary/aromatic N) is 1. The van der Waals surface area contributed by atoms with Crippen LogP contribution in [-0.4, -0.2) is 28.6 Å². The second-order valence-electron chi connectivity index (χ2n) is 4.68. The molecule has 0 amide bonds. The monoisotopic (exact) mass is 287 g/mol. The van der Waals surface area contributed by atoms with Gasteiger partial charge in [-0.1, -0.05) is 23.2 Å². The van der Waals surface area contributed by atoms with E-state index in [1.807, 2.05) is 13.0 Å². The van der Waals surface area contributed by atoms with E-state index in [1.54, 1.807) is 12.1 Å². The summed E-state index contributed by atoms with van der Waals surface area (Å²) in [5, 5.41) is 10.4. The maximum absolute atomic E-state index is 11.1. The van der Waals surface area contributed by atoms with E-state index >= 15 is 0 Å². The number of benzene rings is 1. The van der Waals surface area contributed by atoms with Crippen LogP contribution in [0.5, 0.6) is 0 Å². The van der Waals surface area contributed by atoms with E-state index in [2.05, 4.69) is 4.90 Å². The van der Waals surface area contributed by atoms with Crippen molar-refractivity contribution in [2.24, 2.45) is 5.92 Å². The van der Waals surface area contributed by atoms with Gasteiger partial charge in [0.15, 0.2) is 0 Å². The lowest BCUT2D eigenvalue weighted by Gasteiger charge is -2.23. The second-order valence-corrected chi connectivity index (χ2v) is 5.52. The van der Waals surface area contributed by atoms with E-state index in [0.29, 0.717) is 23.0 Å². The van der Waals surface area contributed by atoms with E-state index in [-0.39, 0.29) is 12.0 Å². The van der Waals surface area contributed by atoms with Gasteiger partial charge < -0.3 is 5.11 Å². The smallest absolute Gasteiger partial charge is 0.308 e. The van der Waals surface area contributed by atoms with Crippen molar-refractivity contribution in [3.05, 3.63) is 33.8 Å². The molecule has 2 atom stereocenters. The number of aliphatic carboxylic acids is 1. The standard InChI is InChI=1S/C13H15Cl2NO2/c1-8-11(13(17)18)4-5-16(8)7-9-6-10(14)2-3-12(9)15/h2-3,6,8,11H,4-5,7H2,1H3,(H,17,18). The molecule has 1 fully saturated rings. The largest absolute Gasteiger partial charge is 0.481 e. The Balaban J connectivity index is 2.11. The number of hydrogen-bond acceptors (Lipinski definition) is 2. The Labute approximate surface area is 116 Å². The van der Waals surface area contributed by atoms with E-state index in [1.165, 1.54) is 0 Å². The summed E-state index contributed by atoms with van der Waals surface area (Å²) < 4.78 is 0. The molecule has 1 saturated heterocycles. The molecule has 0 aromatic heterocycles. The zero-order chi connectivity index (χ0) is 13.3. The number of halogens is 2. The molecule has 18 heavy (non-hydrogen) atoms. The van der Waals surface area contributed by atoms with E-state index < -0.39 is 5.97 Å². The summed E-state index contributed by atoms with van der Waals surface area (Å²) >= 11 is 12.1. The average Bonchev–Trinajstić information content (AvgIpc) is 2.66. The Morgan fingerprint density at radius 3 is 2.83 bits per heavy atom. The minimum atomic E-state index is -0.720. The van der Waals surface area contributed by atoms with Gasteiger partial charge >= 0.3 is 5.97 Å². The fourth-order valence-corrected chi connectivity index (χ4v) is 2.81. The Kier molecular flexibility index (Phi) is 4.15. The Morgan fingerprint density at radius 2 is 2.22 bits per heavy atom. The van der Waals surface area contributed by atoms with Gasteiger partial charge in [-0.3, -0.25) is 9.69 Å². The lowest BCUT2D eigenvalue weighted by molar-refractivity contribution is -0.142. The number of carbonyl (C=O) groups is 1. The van der Waals surface area contributed by atoms with Gasteiger partial charge in [-0.05, 0) is 43.7 Å². The predicted molar refractivity (Wildman–Crippen MR) is 72.1 cm³/mol. The van der Waals surface area contributed by atoms with Crippen molar-refractivity contribution >= 4 is 29.2 Å². The number of carboxylic acids is 1. The summed E-state index contributed by atoms with van der Waals surface area (Å²) in [7, 11) is 0. The number of likely N-dealkylation sites (tertiary alicyclic amines) is 1. The molecule has 5 heteroatoms. The van der Waals surface area contributed by atoms with Crippen molar-refractivity contribution < 1.29 is 9.90 Å². The molecular formula is C13H15Cl2NO2. The highest BCUT2D eigenvalue weighted by molar-refractivity contribution is 6.33. The number of hydrogen-bond donors (Lipinski definition) is 1. The summed E-state index contributed by atoms with van der Waals surface area (Å²) in [5.41, 5.74) is 0.946. The molecule has 1 aromatic rings. The van der Waals surface area contributed by atoms with Crippen molar-refractivity contribution in [3.8, 4) is 0 Å². The van der Waals surface area contributed by atoms with Crippen LogP contribution in [0, 0.1) is 5.92 Å². The fourth-order valence-electron chi connectivity index (χ4n) is 2.44. The van der Waals surface area contributed by atoms with Crippen LogP contribution < -0.4 is 0 Å².